The van der Waals surface area contributed by atoms with E-state index in [1.54, 1.807) is 12.1 Å². The molecule has 184 valence electrons. The second kappa shape index (κ2) is 10.9. The summed E-state index contributed by atoms with van der Waals surface area (Å²) in [5, 5.41) is 0. The van der Waals surface area contributed by atoms with Crippen LogP contribution >= 0.6 is 0 Å². The van der Waals surface area contributed by atoms with Gasteiger partial charge in [0.15, 0.2) is 0 Å². The van der Waals surface area contributed by atoms with E-state index < -0.39 is 0 Å². The third-order valence-corrected chi connectivity index (χ3v) is 7.82. The molecule has 1 aliphatic heterocycles. The second-order valence-electron chi connectivity index (χ2n) is 10.7. The first-order chi connectivity index (χ1) is 16.3. The fourth-order valence-corrected chi connectivity index (χ4v) is 6.04. The number of likely N-dealkylation sites (tertiary alicyclic amines) is 1. The van der Waals surface area contributed by atoms with Gasteiger partial charge in [0.25, 0.3) is 0 Å². The van der Waals surface area contributed by atoms with Crippen LogP contribution in [0.5, 0.6) is 0 Å². The Labute approximate surface area is 202 Å². The molecule has 1 heterocycles. The molecular formula is C29H37F2NO2. The summed E-state index contributed by atoms with van der Waals surface area (Å²) in [6, 6.07) is 13.1. The van der Waals surface area contributed by atoms with Gasteiger partial charge in [-0.25, -0.2) is 13.6 Å². The Balaban J connectivity index is 1.54. The van der Waals surface area contributed by atoms with Crippen molar-refractivity contribution in [2.75, 3.05) is 13.1 Å². The minimum absolute atomic E-state index is 0.0427. The number of rotatable bonds is 5. The van der Waals surface area contributed by atoms with Crippen molar-refractivity contribution in [1.82, 2.24) is 4.90 Å². The number of carbonyl (C=O) groups excluding carboxylic acids is 1. The Morgan fingerprint density at radius 3 is 2.24 bits per heavy atom. The highest BCUT2D eigenvalue weighted by molar-refractivity contribution is 5.68. The standard InChI is InChI=1S/C29H37F2NO2/c1-19(2)26-13-12-20(3)15-27(26)34-29(33)32-14-6-9-23(18-32)28(21-7-4-10-24(30)16-21)22-8-5-11-25(31)17-22/h4-5,7-8,10-11,16-17,19-20,23,26-28H,6,9,12-15,18H2,1-3H3/t20?,23?,26-,27?/m0/s1. The Morgan fingerprint density at radius 2 is 1.65 bits per heavy atom. The Hall–Kier alpha value is -2.43. The molecule has 0 spiro atoms. The molecule has 2 aliphatic rings. The molecule has 4 atom stereocenters. The van der Waals surface area contributed by atoms with Crippen molar-refractivity contribution >= 4 is 6.09 Å². The first kappa shape index (κ1) is 24.7. The molecule has 1 amide bonds. The zero-order chi connectivity index (χ0) is 24.2. The predicted octanol–water partition coefficient (Wildman–Crippen LogP) is 7.41. The molecule has 2 aromatic rings. The maximum absolute atomic E-state index is 14.1. The molecule has 1 saturated heterocycles. The van der Waals surface area contributed by atoms with Crippen LogP contribution in [0.2, 0.25) is 0 Å². The molecule has 0 N–H and O–H groups in total. The average molecular weight is 470 g/mol. The molecule has 4 rings (SSSR count). The summed E-state index contributed by atoms with van der Waals surface area (Å²) in [5.41, 5.74) is 1.62. The number of piperidine rings is 1. The minimum atomic E-state index is -0.308. The van der Waals surface area contributed by atoms with Gasteiger partial charge in [-0.05, 0) is 84.7 Å². The number of carbonyl (C=O) groups is 1. The van der Waals surface area contributed by atoms with E-state index in [4.69, 9.17) is 4.74 Å². The minimum Gasteiger partial charge on any atom is -0.446 e. The van der Waals surface area contributed by atoms with E-state index in [1.807, 2.05) is 17.0 Å². The molecule has 5 heteroatoms. The van der Waals surface area contributed by atoms with Gasteiger partial charge >= 0.3 is 6.09 Å². The molecule has 0 radical (unpaired) electrons. The summed E-state index contributed by atoms with van der Waals surface area (Å²) < 4.78 is 34.4. The molecule has 34 heavy (non-hydrogen) atoms. The fraction of sp³-hybridized carbons (Fsp3) is 0.552. The van der Waals surface area contributed by atoms with E-state index in [9.17, 15) is 13.6 Å². The van der Waals surface area contributed by atoms with Gasteiger partial charge in [0.1, 0.15) is 17.7 Å². The first-order valence-corrected chi connectivity index (χ1v) is 12.8. The quantitative estimate of drug-likeness (QED) is 0.456. The number of halogens is 2. The molecule has 2 fully saturated rings. The summed E-state index contributed by atoms with van der Waals surface area (Å²) in [5.74, 6) is 0.676. The van der Waals surface area contributed by atoms with Gasteiger partial charge < -0.3 is 9.64 Å². The molecule has 3 unspecified atom stereocenters. The fourth-order valence-electron chi connectivity index (χ4n) is 6.04. The Morgan fingerprint density at radius 1 is 1.00 bits per heavy atom. The van der Waals surface area contributed by atoms with Crippen LogP contribution in [0.3, 0.4) is 0 Å². The van der Waals surface area contributed by atoms with E-state index in [2.05, 4.69) is 20.8 Å². The molecule has 2 aromatic carbocycles. The monoisotopic (exact) mass is 469 g/mol. The molecule has 0 bridgehead atoms. The van der Waals surface area contributed by atoms with Crippen LogP contribution in [-0.2, 0) is 4.74 Å². The summed E-state index contributed by atoms with van der Waals surface area (Å²) in [4.78, 5) is 15.1. The lowest BCUT2D eigenvalue weighted by Crippen LogP contribution is -2.45. The number of hydrogen-bond donors (Lipinski definition) is 0. The zero-order valence-electron chi connectivity index (χ0n) is 20.6. The van der Waals surface area contributed by atoms with Gasteiger partial charge in [-0.15, -0.1) is 0 Å². The molecule has 1 aliphatic carbocycles. The molecule has 1 saturated carbocycles. The normalized spacial score (nSPS) is 25.6. The van der Waals surface area contributed by atoms with Crippen LogP contribution in [-0.4, -0.2) is 30.2 Å². The van der Waals surface area contributed by atoms with Crippen LogP contribution in [0.25, 0.3) is 0 Å². The lowest BCUT2D eigenvalue weighted by Gasteiger charge is -2.40. The number of nitrogens with zero attached hydrogens (tertiary/aromatic N) is 1. The van der Waals surface area contributed by atoms with Crippen LogP contribution in [0.4, 0.5) is 13.6 Å². The van der Waals surface area contributed by atoms with E-state index in [1.165, 1.54) is 30.7 Å². The smallest absolute Gasteiger partial charge is 0.410 e. The second-order valence-corrected chi connectivity index (χ2v) is 10.7. The van der Waals surface area contributed by atoms with Gasteiger partial charge in [-0.3, -0.25) is 0 Å². The largest absolute Gasteiger partial charge is 0.446 e. The van der Waals surface area contributed by atoms with E-state index in [0.29, 0.717) is 30.8 Å². The highest BCUT2D eigenvalue weighted by Crippen LogP contribution is 2.39. The SMILES string of the molecule is CC1CC[C@@H](C(C)C)C(OC(=O)N2CCCC(C(c3cccc(F)c3)c3cccc(F)c3)C2)C1. The third kappa shape index (κ3) is 5.79. The van der Waals surface area contributed by atoms with Crippen molar-refractivity contribution in [2.24, 2.45) is 23.7 Å². The first-order valence-electron chi connectivity index (χ1n) is 12.8. The summed E-state index contributed by atoms with van der Waals surface area (Å²) in [6.45, 7) is 7.83. The van der Waals surface area contributed by atoms with Crippen molar-refractivity contribution in [3.8, 4) is 0 Å². The van der Waals surface area contributed by atoms with Gasteiger partial charge in [0.2, 0.25) is 0 Å². The number of ether oxygens (including phenoxy) is 1. The van der Waals surface area contributed by atoms with Crippen molar-refractivity contribution in [2.45, 2.75) is 64.9 Å². The topological polar surface area (TPSA) is 29.5 Å². The zero-order valence-corrected chi connectivity index (χ0v) is 20.6. The predicted molar refractivity (Wildman–Crippen MR) is 131 cm³/mol. The van der Waals surface area contributed by atoms with Gasteiger partial charge in [0.05, 0.1) is 0 Å². The number of benzene rings is 2. The summed E-state index contributed by atoms with van der Waals surface area (Å²) in [6.07, 6.45) is 4.64. The van der Waals surface area contributed by atoms with E-state index >= 15 is 0 Å². The van der Waals surface area contributed by atoms with Gasteiger partial charge in [0, 0.05) is 19.0 Å². The average Bonchev–Trinajstić information content (AvgIpc) is 2.79. The highest BCUT2D eigenvalue weighted by atomic mass is 19.1. The molecule has 0 aromatic heterocycles. The highest BCUT2D eigenvalue weighted by Gasteiger charge is 2.37. The number of hydrogen-bond acceptors (Lipinski definition) is 2. The summed E-state index contributed by atoms with van der Waals surface area (Å²) in [7, 11) is 0. The Bertz CT molecular complexity index is 933. The van der Waals surface area contributed by atoms with Crippen LogP contribution in [0.1, 0.15) is 69.9 Å². The van der Waals surface area contributed by atoms with Crippen molar-refractivity contribution < 1.29 is 18.3 Å². The van der Waals surface area contributed by atoms with E-state index in [-0.39, 0.29) is 35.7 Å². The van der Waals surface area contributed by atoms with Crippen molar-refractivity contribution in [1.29, 1.82) is 0 Å². The van der Waals surface area contributed by atoms with Crippen LogP contribution < -0.4 is 0 Å². The van der Waals surface area contributed by atoms with Gasteiger partial charge in [-0.2, -0.15) is 0 Å². The number of amides is 1. The maximum Gasteiger partial charge on any atom is 0.410 e. The van der Waals surface area contributed by atoms with Crippen molar-refractivity contribution in [3.63, 3.8) is 0 Å². The van der Waals surface area contributed by atoms with Crippen molar-refractivity contribution in [3.05, 3.63) is 71.3 Å². The molecule has 3 nitrogen and oxygen atoms in total. The lowest BCUT2D eigenvalue weighted by atomic mass is 9.75. The Kier molecular flexibility index (Phi) is 7.90. The van der Waals surface area contributed by atoms with Gasteiger partial charge in [-0.1, -0.05) is 51.5 Å². The maximum atomic E-state index is 14.1. The third-order valence-electron chi connectivity index (χ3n) is 7.82. The summed E-state index contributed by atoms with van der Waals surface area (Å²) >= 11 is 0. The van der Waals surface area contributed by atoms with E-state index in [0.717, 1.165) is 36.8 Å². The lowest BCUT2D eigenvalue weighted by molar-refractivity contribution is -0.0153. The van der Waals surface area contributed by atoms with Crippen LogP contribution in [0.15, 0.2) is 48.5 Å². The van der Waals surface area contributed by atoms with Crippen LogP contribution in [0, 0.1) is 35.3 Å². The molecular weight excluding hydrogens is 432 g/mol.